The predicted molar refractivity (Wildman–Crippen MR) is 62.5 cm³/mol. The van der Waals surface area contributed by atoms with Gasteiger partial charge in [-0.1, -0.05) is 0 Å². The minimum absolute atomic E-state index is 0.0604. The van der Waals surface area contributed by atoms with Crippen LogP contribution >= 0.6 is 0 Å². The summed E-state index contributed by atoms with van der Waals surface area (Å²) in [6, 6.07) is 0.577. The minimum Gasteiger partial charge on any atom is -0.481 e. The average Bonchev–Trinajstić information content (AvgIpc) is 3.18. The first-order valence-corrected chi connectivity index (χ1v) is 6.05. The molecule has 108 valence electrons. The Labute approximate surface area is 112 Å². The van der Waals surface area contributed by atoms with Gasteiger partial charge in [0.2, 0.25) is 0 Å². The van der Waals surface area contributed by atoms with Crippen LogP contribution in [0, 0.1) is 23.4 Å². The molecule has 1 aliphatic carbocycles. The van der Waals surface area contributed by atoms with Crippen LogP contribution < -0.4 is 5.32 Å². The second kappa shape index (κ2) is 5.52. The zero-order chi connectivity index (χ0) is 14.9. The number of benzene rings is 1. The molecule has 1 aliphatic rings. The molecule has 1 aromatic carbocycles. The number of nitrogens with one attached hydrogen (secondary N) is 1. The van der Waals surface area contributed by atoms with Crippen molar-refractivity contribution >= 4 is 11.9 Å². The molecule has 1 unspecified atom stereocenters. The molecule has 0 aliphatic heterocycles. The Morgan fingerprint density at radius 1 is 1.25 bits per heavy atom. The zero-order valence-corrected chi connectivity index (χ0v) is 10.3. The molecule has 20 heavy (non-hydrogen) atoms. The lowest BCUT2D eigenvalue weighted by atomic mass is 10.1. The molecule has 4 nitrogen and oxygen atoms in total. The van der Waals surface area contributed by atoms with Gasteiger partial charge in [-0.05, 0) is 30.9 Å². The molecule has 1 fully saturated rings. The number of carboxylic acids is 1. The highest BCUT2D eigenvalue weighted by Crippen LogP contribution is 2.34. The molecule has 2 N–H and O–H groups in total. The molecular formula is C13H12F3NO3. The second-order valence-electron chi connectivity index (χ2n) is 4.77. The maximum atomic E-state index is 13.0. The van der Waals surface area contributed by atoms with Gasteiger partial charge in [0.05, 0.1) is 6.42 Å². The summed E-state index contributed by atoms with van der Waals surface area (Å²) in [5.41, 5.74) is -0.377. The van der Waals surface area contributed by atoms with Gasteiger partial charge in [0.1, 0.15) is 0 Å². The van der Waals surface area contributed by atoms with E-state index in [9.17, 15) is 22.8 Å². The van der Waals surface area contributed by atoms with Gasteiger partial charge in [0.15, 0.2) is 17.5 Å². The largest absolute Gasteiger partial charge is 0.481 e. The summed E-state index contributed by atoms with van der Waals surface area (Å²) in [6.07, 6.45) is 1.33. The molecule has 0 bridgehead atoms. The van der Waals surface area contributed by atoms with Crippen LogP contribution in [0.1, 0.15) is 29.6 Å². The van der Waals surface area contributed by atoms with Crippen LogP contribution in [-0.4, -0.2) is 23.0 Å². The fraction of sp³-hybridized carbons (Fsp3) is 0.385. The van der Waals surface area contributed by atoms with Crippen molar-refractivity contribution in [3.8, 4) is 0 Å². The number of halogens is 3. The van der Waals surface area contributed by atoms with E-state index >= 15 is 0 Å². The number of carbonyl (C=O) groups is 2. The van der Waals surface area contributed by atoms with Crippen molar-refractivity contribution in [3.05, 3.63) is 35.1 Å². The highest BCUT2D eigenvalue weighted by Gasteiger charge is 2.34. The van der Waals surface area contributed by atoms with Gasteiger partial charge in [-0.2, -0.15) is 0 Å². The van der Waals surface area contributed by atoms with Crippen LogP contribution in [0.2, 0.25) is 0 Å². The molecule has 2 rings (SSSR count). The monoisotopic (exact) mass is 287 g/mol. The smallest absolute Gasteiger partial charge is 0.305 e. The lowest BCUT2D eigenvalue weighted by Crippen LogP contribution is -2.38. The first-order chi connectivity index (χ1) is 9.38. The van der Waals surface area contributed by atoms with Crippen molar-refractivity contribution in [2.75, 3.05) is 0 Å². The number of aliphatic carboxylic acids is 1. The second-order valence-corrected chi connectivity index (χ2v) is 4.77. The molecule has 1 saturated carbocycles. The van der Waals surface area contributed by atoms with E-state index < -0.39 is 35.4 Å². The molecule has 0 heterocycles. The van der Waals surface area contributed by atoms with Gasteiger partial charge >= 0.3 is 5.97 Å². The lowest BCUT2D eigenvalue weighted by Gasteiger charge is -2.16. The Morgan fingerprint density at radius 3 is 2.25 bits per heavy atom. The summed E-state index contributed by atoms with van der Waals surface area (Å²) in [5, 5.41) is 11.2. The first-order valence-electron chi connectivity index (χ1n) is 6.05. The van der Waals surface area contributed by atoms with Crippen LogP contribution in [0.25, 0.3) is 0 Å². The number of carbonyl (C=O) groups excluding carboxylic acids is 1. The molecule has 0 aromatic heterocycles. The third-order valence-corrected chi connectivity index (χ3v) is 3.15. The maximum absolute atomic E-state index is 13.0. The van der Waals surface area contributed by atoms with Crippen LogP contribution in [0.5, 0.6) is 0 Å². The Morgan fingerprint density at radius 2 is 1.80 bits per heavy atom. The summed E-state index contributed by atoms with van der Waals surface area (Å²) >= 11 is 0. The van der Waals surface area contributed by atoms with Crippen molar-refractivity contribution in [3.63, 3.8) is 0 Å². The number of hydrogen-bond donors (Lipinski definition) is 2. The van der Waals surface area contributed by atoms with Crippen molar-refractivity contribution < 1.29 is 27.9 Å². The molecule has 7 heteroatoms. The van der Waals surface area contributed by atoms with Gasteiger partial charge in [0, 0.05) is 11.6 Å². The van der Waals surface area contributed by atoms with E-state index in [-0.39, 0.29) is 17.9 Å². The minimum atomic E-state index is -1.65. The summed E-state index contributed by atoms with van der Waals surface area (Å²) in [4.78, 5) is 22.5. The topological polar surface area (TPSA) is 66.4 Å². The maximum Gasteiger partial charge on any atom is 0.305 e. The highest BCUT2D eigenvalue weighted by molar-refractivity contribution is 5.94. The Hall–Kier alpha value is -2.05. The Kier molecular flexibility index (Phi) is 3.96. The predicted octanol–water partition coefficient (Wildman–Crippen LogP) is 2.09. The van der Waals surface area contributed by atoms with Gasteiger partial charge in [0.25, 0.3) is 5.91 Å². The van der Waals surface area contributed by atoms with E-state index in [2.05, 4.69) is 5.32 Å². The van der Waals surface area contributed by atoms with Crippen LogP contribution in [0.15, 0.2) is 12.1 Å². The molecule has 1 aromatic rings. The number of carboxylic acid groups (broad SMARTS) is 1. The van der Waals surface area contributed by atoms with Gasteiger partial charge < -0.3 is 10.4 Å². The van der Waals surface area contributed by atoms with Crippen molar-refractivity contribution in [1.29, 1.82) is 0 Å². The van der Waals surface area contributed by atoms with Gasteiger partial charge in [-0.25, -0.2) is 13.2 Å². The summed E-state index contributed by atoms with van der Waals surface area (Å²) in [5.74, 6) is -6.40. The standard InChI is InChI=1S/C13H12F3NO3/c14-8-3-7(4-9(15)12(8)16)13(20)17-10(5-11(18)19)6-1-2-6/h3-4,6,10H,1-2,5H2,(H,17,20)(H,18,19). The summed E-state index contributed by atoms with van der Waals surface area (Å²) in [6.45, 7) is 0. The fourth-order valence-electron chi connectivity index (χ4n) is 1.96. The molecular weight excluding hydrogens is 275 g/mol. The molecule has 0 spiro atoms. The Bertz CT molecular complexity index is 535. The van der Waals surface area contributed by atoms with Crippen molar-refractivity contribution in [2.45, 2.75) is 25.3 Å². The van der Waals surface area contributed by atoms with E-state index in [1.807, 2.05) is 0 Å². The van der Waals surface area contributed by atoms with Gasteiger partial charge in [-0.3, -0.25) is 9.59 Å². The van der Waals surface area contributed by atoms with E-state index in [1.165, 1.54) is 0 Å². The lowest BCUT2D eigenvalue weighted by molar-refractivity contribution is -0.137. The van der Waals surface area contributed by atoms with E-state index in [4.69, 9.17) is 5.11 Å². The number of rotatable bonds is 5. The molecule has 0 saturated heterocycles. The SMILES string of the molecule is O=C(O)CC(NC(=O)c1cc(F)c(F)c(F)c1)C1CC1. The normalized spacial score (nSPS) is 15.8. The quantitative estimate of drug-likeness (QED) is 0.815. The molecule has 1 amide bonds. The number of hydrogen-bond acceptors (Lipinski definition) is 2. The third-order valence-electron chi connectivity index (χ3n) is 3.15. The third kappa shape index (κ3) is 3.28. The highest BCUT2D eigenvalue weighted by atomic mass is 19.2. The fourth-order valence-corrected chi connectivity index (χ4v) is 1.96. The summed E-state index contributed by atoms with van der Waals surface area (Å²) < 4.78 is 38.8. The zero-order valence-electron chi connectivity index (χ0n) is 10.3. The van der Waals surface area contributed by atoms with Crippen LogP contribution in [0.3, 0.4) is 0 Å². The van der Waals surface area contributed by atoms with Crippen molar-refractivity contribution in [2.24, 2.45) is 5.92 Å². The van der Waals surface area contributed by atoms with Crippen molar-refractivity contribution in [1.82, 2.24) is 5.32 Å². The Balaban J connectivity index is 2.12. The molecule has 1 atom stereocenters. The summed E-state index contributed by atoms with van der Waals surface area (Å²) in [7, 11) is 0. The van der Waals surface area contributed by atoms with Crippen LogP contribution in [0.4, 0.5) is 13.2 Å². The average molecular weight is 287 g/mol. The first kappa shape index (κ1) is 14.4. The number of amides is 1. The van der Waals surface area contributed by atoms with E-state index in [0.717, 1.165) is 12.8 Å². The van der Waals surface area contributed by atoms with E-state index in [0.29, 0.717) is 12.1 Å². The molecule has 0 radical (unpaired) electrons. The van der Waals surface area contributed by atoms with Crippen LogP contribution in [-0.2, 0) is 4.79 Å². The van der Waals surface area contributed by atoms with Gasteiger partial charge in [-0.15, -0.1) is 0 Å². The van der Waals surface area contributed by atoms with E-state index in [1.54, 1.807) is 0 Å².